The van der Waals surface area contributed by atoms with Crippen LogP contribution in [0.25, 0.3) is 0 Å². The van der Waals surface area contributed by atoms with Gasteiger partial charge in [-0.1, -0.05) is 20.8 Å². The second-order valence-corrected chi connectivity index (χ2v) is 7.11. The first-order valence-electron chi connectivity index (χ1n) is 10.0. The predicted molar refractivity (Wildman–Crippen MR) is 106 cm³/mol. The van der Waals surface area contributed by atoms with Crippen molar-refractivity contribution in [2.45, 2.75) is 52.2 Å². The topological polar surface area (TPSA) is 151 Å². The van der Waals surface area contributed by atoms with Gasteiger partial charge in [-0.2, -0.15) is 0 Å². The van der Waals surface area contributed by atoms with Gasteiger partial charge < -0.3 is 19.7 Å². The number of carbonyl (C=O) groups is 5. The van der Waals surface area contributed by atoms with Crippen molar-refractivity contribution in [2.75, 3.05) is 26.8 Å². The Labute approximate surface area is 180 Å². The van der Waals surface area contributed by atoms with Gasteiger partial charge in [-0.3, -0.25) is 19.4 Å². The van der Waals surface area contributed by atoms with Gasteiger partial charge in [0.2, 0.25) is 11.8 Å². The number of β-amino-alcohol motifs (C(OH)–C–C–N with tert-alkyl or cyclic N) is 2. The Bertz CT molecular complexity index is 730. The fraction of sp³-hybridized carbons (Fsp3) is 0.650. The van der Waals surface area contributed by atoms with Crippen molar-refractivity contribution < 1.29 is 43.7 Å². The summed E-state index contributed by atoms with van der Waals surface area (Å²) in [5.41, 5.74) is -1.49. The molecule has 0 aromatic rings. The minimum absolute atomic E-state index is 0.132. The molecule has 11 heteroatoms. The van der Waals surface area contributed by atoms with E-state index in [1.165, 1.54) is 0 Å². The normalized spacial score (nSPS) is 18.3. The third kappa shape index (κ3) is 6.11. The molecule has 0 aromatic carbocycles. The number of urea groups is 1. The van der Waals surface area contributed by atoms with E-state index in [1.807, 2.05) is 0 Å². The van der Waals surface area contributed by atoms with E-state index in [0.29, 0.717) is 6.42 Å². The molecule has 174 valence electrons. The first-order valence-corrected chi connectivity index (χ1v) is 10.0. The zero-order chi connectivity index (χ0) is 23.8. The van der Waals surface area contributed by atoms with Gasteiger partial charge in [0.05, 0.1) is 26.3 Å². The Morgan fingerprint density at radius 2 is 1.42 bits per heavy atom. The molecule has 0 aromatic heterocycles. The van der Waals surface area contributed by atoms with Crippen molar-refractivity contribution in [1.82, 2.24) is 9.80 Å². The molecule has 0 aliphatic carbocycles. The summed E-state index contributed by atoms with van der Waals surface area (Å²) in [6.45, 7) is 3.63. The molecule has 1 aliphatic rings. The van der Waals surface area contributed by atoms with Crippen molar-refractivity contribution in [2.24, 2.45) is 5.41 Å². The fourth-order valence-corrected chi connectivity index (χ4v) is 3.14. The van der Waals surface area contributed by atoms with Gasteiger partial charge >= 0.3 is 18.0 Å². The van der Waals surface area contributed by atoms with Crippen LogP contribution < -0.4 is 0 Å². The van der Waals surface area contributed by atoms with Gasteiger partial charge in [-0.25, -0.2) is 14.4 Å². The van der Waals surface area contributed by atoms with E-state index >= 15 is 0 Å². The predicted octanol–water partition coefficient (Wildman–Crippen LogP) is -0.0122. The number of esters is 2. The average molecular weight is 442 g/mol. The van der Waals surface area contributed by atoms with Gasteiger partial charge in [0.25, 0.3) is 0 Å². The molecule has 0 spiro atoms. The van der Waals surface area contributed by atoms with Crippen LogP contribution >= 0.6 is 0 Å². The SMILES string of the molecule is CCC(O)CN1C(=O)N(CC(O)COC(=O)/C=C\C(=O)OC)C(=O)C(CC)(CC)C1=O. The first kappa shape index (κ1) is 26.2. The number of nitrogens with zero attached hydrogens (tertiary/aromatic N) is 2. The monoisotopic (exact) mass is 442 g/mol. The van der Waals surface area contributed by atoms with E-state index in [-0.39, 0.29) is 19.4 Å². The lowest BCUT2D eigenvalue weighted by Crippen LogP contribution is -2.66. The molecule has 1 heterocycles. The zero-order valence-electron chi connectivity index (χ0n) is 18.2. The molecule has 2 N–H and O–H groups in total. The smallest absolute Gasteiger partial charge is 0.333 e. The standard InChI is InChI=1S/C20H30N2O9/c1-5-13(23)10-21-17(27)20(6-2,7-3)18(28)22(19(21)29)11-14(24)12-31-16(26)9-8-15(25)30-4/h8-9,13-14,23-24H,5-7,10-12H2,1-4H3/b9-8-. The van der Waals surface area contributed by atoms with Crippen molar-refractivity contribution in [3.8, 4) is 0 Å². The molecular weight excluding hydrogens is 412 g/mol. The Morgan fingerprint density at radius 1 is 0.935 bits per heavy atom. The Kier molecular flexibility index (Phi) is 9.79. The van der Waals surface area contributed by atoms with Crippen LogP contribution in [0.2, 0.25) is 0 Å². The molecule has 1 rings (SSSR count). The third-order valence-corrected chi connectivity index (χ3v) is 5.21. The number of aliphatic hydroxyl groups excluding tert-OH is 2. The van der Waals surface area contributed by atoms with Crippen LogP contribution in [0.3, 0.4) is 0 Å². The van der Waals surface area contributed by atoms with E-state index in [2.05, 4.69) is 4.74 Å². The number of carbonyl (C=O) groups excluding carboxylic acids is 5. The third-order valence-electron chi connectivity index (χ3n) is 5.21. The van der Waals surface area contributed by atoms with E-state index in [4.69, 9.17) is 4.74 Å². The summed E-state index contributed by atoms with van der Waals surface area (Å²) in [6.07, 6.45) is -0.177. The quantitative estimate of drug-likeness (QED) is 0.256. The molecule has 1 fully saturated rings. The van der Waals surface area contributed by atoms with Crippen molar-refractivity contribution in [3.05, 3.63) is 12.2 Å². The fourth-order valence-electron chi connectivity index (χ4n) is 3.14. The highest BCUT2D eigenvalue weighted by atomic mass is 16.5. The van der Waals surface area contributed by atoms with Crippen molar-refractivity contribution in [3.63, 3.8) is 0 Å². The van der Waals surface area contributed by atoms with Crippen LogP contribution in [-0.4, -0.2) is 88.8 Å². The van der Waals surface area contributed by atoms with E-state index < -0.39 is 60.6 Å². The molecule has 4 amide bonds. The number of methoxy groups -OCH3 is 1. The summed E-state index contributed by atoms with van der Waals surface area (Å²) in [5.74, 6) is -3.12. The highest BCUT2D eigenvalue weighted by molar-refractivity contribution is 6.19. The molecule has 1 saturated heterocycles. The Balaban J connectivity index is 2.97. The summed E-state index contributed by atoms with van der Waals surface area (Å²) in [6, 6.07) is -0.948. The largest absolute Gasteiger partial charge is 0.466 e. The molecule has 2 unspecified atom stereocenters. The molecule has 0 bridgehead atoms. The highest BCUT2D eigenvalue weighted by Gasteiger charge is 2.55. The maximum absolute atomic E-state index is 13.0. The zero-order valence-corrected chi connectivity index (χ0v) is 18.2. The van der Waals surface area contributed by atoms with Crippen LogP contribution in [0.1, 0.15) is 40.0 Å². The molecule has 31 heavy (non-hydrogen) atoms. The van der Waals surface area contributed by atoms with Crippen molar-refractivity contribution in [1.29, 1.82) is 0 Å². The van der Waals surface area contributed by atoms with Crippen LogP contribution in [0.5, 0.6) is 0 Å². The van der Waals surface area contributed by atoms with E-state index in [0.717, 1.165) is 29.1 Å². The summed E-state index contributed by atoms with van der Waals surface area (Å²) < 4.78 is 9.12. The summed E-state index contributed by atoms with van der Waals surface area (Å²) in [4.78, 5) is 62.9. The lowest BCUT2D eigenvalue weighted by molar-refractivity contribution is -0.161. The van der Waals surface area contributed by atoms with Crippen LogP contribution in [0.4, 0.5) is 4.79 Å². The highest BCUT2D eigenvalue weighted by Crippen LogP contribution is 2.36. The number of imide groups is 2. The average Bonchev–Trinajstić information content (AvgIpc) is 2.77. The number of hydrogen-bond acceptors (Lipinski definition) is 9. The number of ether oxygens (including phenoxy) is 2. The molecule has 0 radical (unpaired) electrons. The van der Waals surface area contributed by atoms with Gasteiger partial charge in [-0.05, 0) is 19.3 Å². The lowest BCUT2D eigenvalue weighted by atomic mass is 9.77. The molecule has 11 nitrogen and oxygen atoms in total. The first-order chi connectivity index (χ1) is 14.6. The molecule has 0 saturated carbocycles. The number of barbiturate groups is 1. The summed E-state index contributed by atoms with van der Waals surface area (Å²) in [5, 5.41) is 20.2. The van der Waals surface area contributed by atoms with Crippen LogP contribution in [-0.2, 0) is 28.7 Å². The number of rotatable bonds is 11. The lowest BCUT2D eigenvalue weighted by Gasteiger charge is -2.44. The van der Waals surface area contributed by atoms with Crippen LogP contribution in [0.15, 0.2) is 12.2 Å². The van der Waals surface area contributed by atoms with Gasteiger partial charge in [0.15, 0.2) is 0 Å². The van der Waals surface area contributed by atoms with Gasteiger partial charge in [0.1, 0.15) is 18.1 Å². The summed E-state index contributed by atoms with van der Waals surface area (Å²) >= 11 is 0. The number of aliphatic hydroxyl groups is 2. The Morgan fingerprint density at radius 3 is 1.87 bits per heavy atom. The van der Waals surface area contributed by atoms with Crippen LogP contribution in [0, 0.1) is 5.41 Å². The minimum Gasteiger partial charge on any atom is -0.466 e. The van der Waals surface area contributed by atoms with Crippen molar-refractivity contribution >= 4 is 29.8 Å². The molecule has 1 aliphatic heterocycles. The van der Waals surface area contributed by atoms with E-state index in [1.54, 1.807) is 20.8 Å². The second kappa shape index (κ2) is 11.6. The number of hydrogen-bond donors (Lipinski definition) is 2. The Hall–Kier alpha value is -2.79. The molecular formula is C20H30N2O9. The minimum atomic E-state index is -1.49. The maximum atomic E-state index is 13.0. The van der Waals surface area contributed by atoms with Gasteiger partial charge in [-0.15, -0.1) is 0 Å². The van der Waals surface area contributed by atoms with E-state index in [9.17, 15) is 34.2 Å². The molecule has 2 atom stereocenters. The number of amides is 4. The van der Waals surface area contributed by atoms with Gasteiger partial charge in [0, 0.05) is 12.2 Å². The maximum Gasteiger partial charge on any atom is 0.333 e. The second-order valence-electron chi connectivity index (χ2n) is 7.11. The summed E-state index contributed by atoms with van der Waals surface area (Å²) in [7, 11) is 1.13.